The molecule has 0 aliphatic carbocycles. The molecular weight excluding hydrogens is 319 g/mol. The number of hydrogen-bond donors (Lipinski definition) is 1. The smallest absolute Gasteiger partial charge is 0.255 e. The van der Waals surface area contributed by atoms with Gasteiger partial charge >= 0.3 is 0 Å². The van der Waals surface area contributed by atoms with Gasteiger partial charge in [-0.05, 0) is 53.9 Å². The van der Waals surface area contributed by atoms with Gasteiger partial charge in [-0.1, -0.05) is 19.9 Å². The molecule has 0 radical (unpaired) electrons. The lowest BCUT2D eigenvalue weighted by Crippen LogP contribution is -2.38. The molecule has 0 saturated carbocycles. The second kappa shape index (κ2) is 7.05. The highest BCUT2D eigenvalue weighted by Gasteiger charge is 2.22. The fourth-order valence-electron chi connectivity index (χ4n) is 2.99. The van der Waals surface area contributed by atoms with Gasteiger partial charge in [-0.2, -0.15) is 0 Å². The Morgan fingerprint density at radius 2 is 1.80 bits per heavy atom. The van der Waals surface area contributed by atoms with Crippen LogP contribution in [-0.2, 0) is 17.8 Å². The Balaban J connectivity index is 1.75. The van der Waals surface area contributed by atoms with E-state index in [0.717, 1.165) is 18.5 Å². The predicted molar refractivity (Wildman–Crippen MR) is 94.8 cm³/mol. The Bertz CT molecular complexity index is 800. The number of anilines is 1. The number of amides is 2. The average Bonchev–Trinajstić information content (AvgIpc) is 2.60. The third kappa shape index (κ3) is 3.87. The van der Waals surface area contributed by atoms with Crippen LogP contribution in [0.4, 0.5) is 10.1 Å². The fraction of sp³-hybridized carbons (Fsp3) is 0.300. The fourth-order valence-corrected chi connectivity index (χ4v) is 2.99. The zero-order valence-corrected chi connectivity index (χ0v) is 14.4. The van der Waals surface area contributed by atoms with Crippen LogP contribution in [0, 0.1) is 11.7 Å². The number of carbonyl (C=O) groups is 2. The molecule has 2 amide bonds. The van der Waals surface area contributed by atoms with Crippen LogP contribution >= 0.6 is 0 Å². The first-order valence-electron chi connectivity index (χ1n) is 8.41. The minimum absolute atomic E-state index is 0.0251. The lowest BCUT2D eigenvalue weighted by molar-refractivity contribution is -0.135. The molecular formula is C20H21FN2O2. The zero-order chi connectivity index (χ0) is 18.0. The van der Waals surface area contributed by atoms with E-state index in [1.165, 1.54) is 29.8 Å². The van der Waals surface area contributed by atoms with Crippen LogP contribution in [0.15, 0.2) is 42.5 Å². The quantitative estimate of drug-likeness (QED) is 0.928. The van der Waals surface area contributed by atoms with Crippen molar-refractivity contribution in [3.05, 3.63) is 65.0 Å². The summed E-state index contributed by atoms with van der Waals surface area (Å²) in [6.45, 7) is 5.09. The maximum Gasteiger partial charge on any atom is 0.255 e. The monoisotopic (exact) mass is 340 g/mol. The summed E-state index contributed by atoms with van der Waals surface area (Å²) in [5, 5.41) is 2.83. The molecule has 0 saturated heterocycles. The van der Waals surface area contributed by atoms with Gasteiger partial charge in [0.2, 0.25) is 5.91 Å². The number of benzene rings is 2. The first kappa shape index (κ1) is 17.1. The number of hydrogen-bond acceptors (Lipinski definition) is 2. The second-order valence-corrected chi connectivity index (χ2v) is 6.61. The van der Waals surface area contributed by atoms with E-state index in [0.29, 0.717) is 17.8 Å². The molecule has 0 bridgehead atoms. The Labute approximate surface area is 146 Å². The summed E-state index contributed by atoms with van der Waals surface area (Å²) in [4.78, 5) is 26.3. The highest BCUT2D eigenvalue weighted by molar-refractivity contribution is 6.04. The first-order chi connectivity index (χ1) is 11.9. The number of rotatable bonds is 3. The third-order valence-electron chi connectivity index (χ3n) is 4.39. The Kier molecular flexibility index (Phi) is 4.83. The number of nitrogens with zero attached hydrogens (tertiary/aromatic N) is 1. The van der Waals surface area contributed by atoms with Crippen LogP contribution in [0.3, 0.4) is 0 Å². The largest absolute Gasteiger partial charge is 0.338 e. The van der Waals surface area contributed by atoms with Crippen molar-refractivity contribution in [1.82, 2.24) is 4.90 Å². The summed E-state index contributed by atoms with van der Waals surface area (Å²) < 4.78 is 13.0. The van der Waals surface area contributed by atoms with Crippen molar-refractivity contribution in [2.45, 2.75) is 26.8 Å². The lowest BCUT2D eigenvalue weighted by Gasteiger charge is -2.30. The predicted octanol–water partition coefficient (Wildman–Crippen LogP) is 3.62. The van der Waals surface area contributed by atoms with Gasteiger partial charge in [0.25, 0.3) is 5.91 Å². The molecule has 3 rings (SSSR count). The molecule has 0 aromatic heterocycles. The van der Waals surface area contributed by atoms with Crippen molar-refractivity contribution in [1.29, 1.82) is 0 Å². The Morgan fingerprint density at radius 3 is 2.48 bits per heavy atom. The van der Waals surface area contributed by atoms with Crippen LogP contribution < -0.4 is 5.32 Å². The molecule has 0 spiro atoms. The number of fused-ring (bicyclic) bond motifs is 1. The molecule has 1 heterocycles. The molecule has 2 aromatic carbocycles. The molecule has 5 heteroatoms. The van der Waals surface area contributed by atoms with E-state index < -0.39 is 0 Å². The van der Waals surface area contributed by atoms with Crippen LogP contribution in [0.25, 0.3) is 0 Å². The lowest BCUT2D eigenvalue weighted by atomic mass is 9.98. The van der Waals surface area contributed by atoms with Crippen LogP contribution in [-0.4, -0.2) is 23.3 Å². The van der Waals surface area contributed by atoms with E-state index in [2.05, 4.69) is 5.32 Å². The summed E-state index contributed by atoms with van der Waals surface area (Å²) in [7, 11) is 0. The Morgan fingerprint density at radius 1 is 1.08 bits per heavy atom. The third-order valence-corrected chi connectivity index (χ3v) is 4.39. The summed E-state index contributed by atoms with van der Waals surface area (Å²) in [6, 6.07) is 11.2. The SMILES string of the molecule is CC(C)C(=O)N1CCc2ccc(NC(=O)c3ccc(F)cc3)cc2C1. The minimum atomic E-state index is -0.375. The molecule has 0 unspecified atom stereocenters. The molecule has 4 nitrogen and oxygen atoms in total. The van der Waals surface area contributed by atoms with Crippen molar-refractivity contribution < 1.29 is 14.0 Å². The van der Waals surface area contributed by atoms with Crippen LogP contribution in [0.5, 0.6) is 0 Å². The topological polar surface area (TPSA) is 49.4 Å². The molecule has 25 heavy (non-hydrogen) atoms. The van der Waals surface area contributed by atoms with Crippen molar-refractivity contribution in [2.75, 3.05) is 11.9 Å². The van der Waals surface area contributed by atoms with Crippen molar-refractivity contribution in [3.8, 4) is 0 Å². The number of halogens is 1. The minimum Gasteiger partial charge on any atom is -0.338 e. The van der Waals surface area contributed by atoms with E-state index in [4.69, 9.17) is 0 Å². The van der Waals surface area contributed by atoms with E-state index >= 15 is 0 Å². The number of carbonyl (C=O) groups excluding carboxylic acids is 2. The normalized spacial score (nSPS) is 13.5. The molecule has 2 aromatic rings. The van der Waals surface area contributed by atoms with Crippen LogP contribution in [0.2, 0.25) is 0 Å². The van der Waals surface area contributed by atoms with Crippen molar-refractivity contribution in [3.63, 3.8) is 0 Å². The number of nitrogens with one attached hydrogen (secondary N) is 1. The van der Waals surface area contributed by atoms with Crippen molar-refractivity contribution in [2.24, 2.45) is 5.92 Å². The Hall–Kier alpha value is -2.69. The molecule has 130 valence electrons. The average molecular weight is 340 g/mol. The zero-order valence-electron chi connectivity index (χ0n) is 14.4. The molecule has 0 atom stereocenters. The van der Waals surface area contributed by atoms with Gasteiger partial charge in [0.1, 0.15) is 5.82 Å². The highest BCUT2D eigenvalue weighted by atomic mass is 19.1. The van der Waals surface area contributed by atoms with E-state index in [1.54, 1.807) is 0 Å². The molecule has 1 aliphatic heterocycles. The van der Waals surface area contributed by atoms with Gasteiger partial charge in [-0.3, -0.25) is 9.59 Å². The van der Waals surface area contributed by atoms with E-state index in [9.17, 15) is 14.0 Å². The van der Waals surface area contributed by atoms with Gasteiger partial charge < -0.3 is 10.2 Å². The van der Waals surface area contributed by atoms with Gasteiger partial charge in [0.05, 0.1) is 0 Å². The highest BCUT2D eigenvalue weighted by Crippen LogP contribution is 2.24. The molecule has 1 aliphatic rings. The van der Waals surface area contributed by atoms with E-state index in [1.807, 2.05) is 36.9 Å². The molecule has 0 fully saturated rings. The first-order valence-corrected chi connectivity index (χ1v) is 8.41. The van der Waals surface area contributed by atoms with Gasteiger partial charge in [0, 0.05) is 30.3 Å². The van der Waals surface area contributed by atoms with Gasteiger partial charge in [-0.25, -0.2) is 4.39 Å². The summed E-state index contributed by atoms with van der Waals surface area (Å²) in [5.41, 5.74) is 3.33. The van der Waals surface area contributed by atoms with Crippen LogP contribution in [0.1, 0.15) is 35.3 Å². The summed E-state index contributed by atoms with van der Waals surface area (Å²) >= 11 is 0. The maximum absolute atomic E-state index is 13.0. The van der Waals surface area contributed by atoms with E-state index in [-0.39, 0.29) is 23.5 Å². The second-order valence-electron chi connectivity index (χ2n) is 6.61. The summed E-state index contributed by atoms with van der Waals surface area (Å²) in [5.74, 6) is -0.541. The summed E-state index contributed by atoms with van der Waals surface area (Å²) in [6.07, 6.45) is 0.819. The van der Waals surface area contributed by atoms with Gasteiger partial charge in [0.15, 0.2) is 0 Å². The van der Waals surface area contributed by atoms with Crippen molar-refractivity contribution >= 4 is 17.5 Å². The molecule has 1 N–H and O–H groups in total. The maximum atomic E-state index is 13.0. The standard InChI is InChI=1S/C20H21FN2O2/c1-13(2)20(25)23-10-9-14-5-8-18(11-16(14)12-23)22-19(24)15-3-6-17(21)7-4-15/h3-8,11,13H,9-10,12H2,1-2H3,(H,22,24). The van der Waals surface area contributed by atoms with Gasteiger partial charge in [-0.15, -0.1) is 0 Å².